The van der Waals surface area contributed by atoms with E-state index in [9.17, 15) is 4.79 Å². The van der Waals surface area contributed by atoms with E-state index < -0.39 is 0 Å². The molecule has 1 aliphatic rings. The van der Waals surface area contributed by atoms with Gasteiger partial charge in [0.25, 0.3) is 0 Å². The first-order chi connectivity index (χ1) is 11.6. The molecule has 0 aromatic carbocycles. The Hall–Kier alpha value is -2.14. The highest BCUT2D eigenvalue weighted by Gasteiger charge is 2.25. The molecule has 5 nitrogen and oxygen atoms in total. The van der Waals surface area contributed by atoms with E-state index in [0.717, 1.165) is 12.1 Å². The maximum atomic E-state index is 12.6. The predicted octanol–water partition coefficient (Wildman–Crippen LogP) is 2.86. The minimum absolute atomic E-state index is 0.0112. The number of hydrogen-bond donors (Lipinski definition) is 0. The van der Waals surface area contributed by atoms with Gasteiger partial charge < -0.3 is 14.2 Å². The SMILES string of the molecule is CC(C)CC(=O)N1Cc2cccn2C[C@H](OCc2ccncc2)C1. The van der Waals surface area contributed by atoms with Crippen LogP contribution in [0.1, 0.15) is 31.5 Å². The van der Waals surface area contributed by atoms with E-state index in [0.29, 0.717) is 32.0 Å². The third-order valence-electron chi connectivity index (χ3n) is 4.27. The first-order valence-corrected chi connectivity index (χ1v) is 8.54. The van der Waals surface area contributed by atoms with Gasteiger partial charge in [-0.05, 0) is 35.7 Å². The fourth-order valence-corrected chi connectivity index (χ4v) is 3.02. The van der Waals surface area contributed by atoms with Crippen LogP contribution in [0, 0.1) is 5.92 Å². The van der Waals surface area contributed by atoms with Gasteiger partial charge in [-0.2, -0.15) is 0 Å². The molecule has 3 rings (SSSR count). The van der Waals surface area contributed by atoms with E-state index in [1.165, 1.54) is 5.69 Å². The van der Waals surface area contributed by atoms with Crippen LogP contribution in [0.3, 0.4) is 0 Å². The molecule has 24 heavy (non-hydrogen) atoms. The summed E-state index contributed by atoms with van der Waals surface area (Å²) in [5.74, 6) is 0.570. The summed E-state index contributed by atoms with van der Waals surface area (Å²) in [7, 11) is 0. The number of carbonyl (C=O) groups is 1. The summed E-state index contributed by atoms with van der Waals surface area (Å²) in [4.78, 5) is 18.5. The highest BCUT2D eigenvalue weighted by Crippen LogP contribution is 2.18. The molecule has 2 aromatic heterocycles. The Morgan fingerprint density at radius 3 is 2.83 bits per heavy atom. The first-order valence-electron chi connectivity index (χ1n) is 8.54. The van der Waals surface area contributed by atoms with Crippen molar-refractivity contribution in [2.45, 2.75) is 46.1 Å². The third kappa shape index (κ3) is 4.23. The normalized spacial score (nSPS) is 17.6. The number of hydrogen-bond acceptors (Lipinski definition) is 3. The highest BCUT2D eigenvalue weighted by molar-refractivity contribution is 5.76. The fourth-order valence-electron chi connectivity index (χ4n) is 3.02. The zero-order valence-electron chi connectivity index (χ0n) is 14.4. The van der Waals surface area contributed by atoms with E-state index >= 15 is 0 Å². The second-order valence-corrected chi connectivity index (χ2v) is 6.81. The molecule has 0 N–H and O–H groups in total. The molecule has 0 saturated heterocycles. The van der Waals surface area contributed by atoms with Gasteiger partial charge in [0.2, 0.25) is 5.91 Å². The third-order valence-corrected chi connectivity index (χ3v) is 4.27. The number of pyridine rings is 1. The van der Waals surface area contributed by atoms with E-state index in [2.05, 4.69) is 35.7 Å². The van der Waals surface area contributed by atoms with Crippen molar-refractivity contribution < 1.29 is 9.53 Å². The number of aromatic nitrogens is 2. The lowest BCUT2D eigenvalue weighted by Crippen LogP contribution is -2.37. The number of ether oxygens (including phenoxy) is 1. The van der Waals surface area contributed by atoms with Crippen molar-refractivity contribution in [3.8, 4) is 0 Å². The van der Waals surface area contributed by atoms with Gasteiger partial charge >= 0.3 is 0 Å². The van der Waals surface area contributed by atoms with Crippen molar-refractivity contribution in [3.63, 3.8) is 0 Å². The van der Waals surface area contributed by atoms with Gasteiger partial charge in [0.15, 0.2) is 0 Å². The summed E-state index contributed by atoms with van der Waals surface area (Å²) in [6.07, 6.45) is 6.18. The maximum absolute atomic E-state index is 12.6. The summed E-state index contributed by atoms with van der Waals surface area (Å²) < 4.78 is 8.31. The molecule has 1 atom stereocenters. The summed E-state index contributed by atoms with van der Waals surface area (Å²) in [6, 6.07) is 8.03. The molecule has 0 spiro atoms. The van der Waals surface area contributed by atoms with E-state index in [-0.39, 0.29) is 12.0 Å². The Labute approximate surface area is 143 Å². The van der Waals surface area contributed by atoms with Crippen molar-refractivity contribution in [2.24, 2.45) is 5.92 Å². The predicted molar refractivity (Wildman–Crippen MR) is 92.1 cm³/mol. The van der Waals surface area contributed by atoms with Gasteiger partial charge in [-0.15, -0.1) is 0 Å². The second-order valence-electron chi connectivity index (χ2n) is 6.81. The van der Waals surface area contributed by atoms with Crippen molar-refractivity contribution in [1.82, 2.24) is 14.5 Å². The van der Waals surface area contributed by atoms with Crippen molar-refractivity contribution >= 4 is 5.91 Å². The Morgan fingerprint density at radius 1 is 1.29 bits per heavy atom. The van der Waals surface area contributed by atoms with Gasteiger partial charge in [0.05, 0.1) is 25.8 Å². The van der Waals surface area contributed by atoms with Crippen LogP contribution in [-0.4, -0.2) is 33.0 Å². The van der Waals surface area contributed by atoms with Gasteiger partial charge in [-0.25, -0.2) is 0 Å². The summed E-state index contributed by atoms with van der Waals surface area (Å²) in [5.41, 5.74) is 2.27. The zero-order chi connectivity index (χ0) is 16.9. The minimum atomic E-state index is -0.0112. The lowest BCUT2D eigenvalue weighted by Gasteiger charge is -2.25. The number of rotatable bonds is 5. The summed E-state index contributed by atoms with van der Waals surface area (Å²) >= 11 is 0. The highest BCUT2D eigenvalue weighted by atomic mass is 16.5. The molecule has 5 heteroatoms. The van der Waals surface area contributed by atoms with Crippen LogP contribution < -0.4 is 0 Å². The minimum Gasteiger partial charge on any atom is -0.370 e. The lowest BCUT2D eigenvalue weighted by molar-refractivity contribution is -0.134. The Bertz CT molecular complexity index is 666. The molecule has 128 valence electrons. The molecule has 0 radical (unpaired) electrons. The van der Waals surface area contributed by atoms with Crippen LogP contribution in [0.4, 0.5) is 0 Å². The number of carbonyl (C=O) groups excluding carboxylic acids is 1. The standard InChI is InChI=1S/C19H25N3O2/c1-15(2)10-19(23)22-11-17-4-3-9-21(17)12-18(13-22)24-14-16-5-7-20-8-6-16/h3-9,15,18H,10-14H2,1-2H3/t18-/m0/s1. The molecule has 3 heterocycles. The van der Waals surface area contributed by atoms with Crippen molar-refractivity contribution in [3.05, 3.63) is 54.1 Å². The quantitative estimate of drug-likeness (QED) is 0.848. The average molecular weight is 327 g/mol. The molecular weight excluding hydrogens is 302 g/mol. The van der Waals surface area contributed by atoms with Gasteiger partial charge in [-0.1, -0.05) is 13.8 Å². The first kappa shape index (κ1) is 16.7. The Morgan fingerprint density at radius 2 is 2.08 bits per heavy atom. The maximum Gasteiger partial charge on any atom is 0.223 e. The van der Waals surface area contributed by atoms with Crippen LogP contribution in [-0.2, 0) is 29.2 Å². The summed E-state index contributed by atoms with van der Waals surface area (Å²) in [5, 5.41) is 0. The van der Waals surface area contributed by atoms with Gasteiger partial charge in [0.1, 0.15) is 0 Å². The van der Waals surface area contributed by atoms with Gasteiger partial charge in [-0.3, -0.25) is 9.78 Å². The molecular formula is C19H25N3O2. The van der Waals surface area contributed by atoms with Crippen molar-refractivity contribution in [1.29, 1.82) is 0 Å². The number of fused-ring (bicyclic) bond motifs is 1. The van der Waals surface area contributed by atoms with E-state index in [1.807, 2.05) is 23.1 Å². The molecule has 0 bridgehead atoms. The van der Waals surface area contributed by atoms with Crippen molar-refractivity contribution in [2.75, 3.05) is 6.54 Å². The van der Waals surface area contributed by atoms with Crippen LogP contribution in [0.2, 0.25) is 0 Å². The van der Waals surface area contributed by atoms with E-state index in [4.69, 9.17) is 4.74 Å². The topological polar surface area (TPSA) is 47.4 Å². The molecule has 1 amide bonds. The molecule has 0 aliphatic carbocycles. The molecule has 2 aromatic rings. The summed E-state index contributed by atoms with van der Waals surface area (Å²) in [6.45, 7) is 6.77. The second kappa shape index (κ2) is 7.62. The average Bonchev–Trinajstić information content (AvgIpc) is 2.91. The zero-order valence-corrected chi connectivity index (χ0v) is 14.4. The Kier molecular flexibility index (Phi) is 5.30. The molecule has 0 fully saturated rings. The Balaban J connectivity index is 1.70. The largest absolute Gasteiger partial charge is 0.370 e. The number of nitrogens with zero attached hydrogens (tertiary/aromatic N) is 3. The molecule has 1 aliphatic heterocycles. The van der Waals surface area contributed by atoms with Crippen LogP contribution in [0.25, 0.3) is 0 Å². The number of amides is 1. The van der Waals surface area contributed by atoms with E-state index in [1.54, 1.807) is 12.4 Å². The molecule has 0 unspecified atom stereocenters. The van der Waals surface area contributed by atoms with Crippen LogP contribution in [0.5, 0.6) is 0 Å². The van der Waals surface area contributed by atoms with Gasteiger partial charge in [0, 0.05) is 37.3 Å². The smallest absolute Gasteiger partial charge is 0.223 e. The molecule has 0 saturated carbocycles. The van der Waals surface area contributed by atoms with Crippen LogP contribution in [0.15, 0.2) is 42.9 Å². The monoisotopic (exact) mass is 327 g/mol. The van der Waals surface area contributed by atoms with Crippen LogP contribution >= 0.6 is 0 Å². The lowest BCUT2D eigenvalue weighted by atomic mass is 10.1. The fraction of sp³-hybridized carbons (Fsp3) is 0.474.